The van der Waals surface area contributed by atoms with Gasteiger partial charge in [-0.25, -0.2) is 0 Å². The summed E-state index contributed by atoms with van der Waals surface area (Å²) in [5.41, 5.74) is -0.0800. The lowest BCUT2D eigenvalue weighted by molar-refractivity contribution is 0.686. The predicted octanol–water partition coefficient (Wildman–Crippen LogP) is 1.92. The summed E-state index contributed by atoms with van der Waals surface area (Å²) >= 11 is 0. The zero-order valence-electron chi connectivity index (χ0n) is 10.9. The molecule has 0 aliphatic carbocycles. The third kappa shape index (κ3) is 1.91. The Morgan fingerprint density at radius 1 is 0.650 bits per heavy atom. The molecule has 0 atom stereocenters. The van der Waals surface area contributed by atoms with Gasteiger partial charge in [0, 0.05) is 0 Å². The van der Waals surface area contributed by atoms with Crippen LogP contribution in [0.2, 0.25) is 0 Å². The third-order valence-corrected chi connectivity index (χ3v) is 3.63. The van der Waals surface area contributed by atoms with Crippen LogP contribution >= 0.6 is 0 Å². The van der Waals surface area contributed by atoms with Crippen molar-refractivity contribution in [3.8, 4) is 0 Å². The smallest absolute Gasteiger partial charge is 0.341 e. The van der Waals surface area contributed by atoms with E-state index in [-0.39, 0.29) is 10.9 Å². The predicted molar refractivity (Wildman–Crippen MR) is 84.1 cm³/mol. The van der Waals surface area contributed by atoms with Crippen molar-refractivity contribution < 1.29 is 12.9 Å². The first-order chi connectivity index (χ1) is 9.61. The highest BCUT2D eigenvalue weighted by atomic mass is 19.2. The molecule has 0 bridgehead atoms. The SMILES string of the molecule is BB(F)c1c(B(F)F)c2ccccc2c2ccccc12. The summed E-state index contributed by atoms with van der Waals surface area (Å²) in [5.74, 6) is 0. The summed E-state index contributed by atoms with van der Waals surface area (Å²) in [6.45, 7) is -1.44. The molecule has 0 spiro atoms. The van der Waals surface area contributed by atoms with E-state index in [0.717, 1.165) is 10.8 Å². The van der Waals surface area contributed by atoms with Gasteiger partial charge in [-0.15, -0.1) is 0 Å². The van der Waals surface area contributed by atoms with Gasteiger partial charge < -0.3 is 4.32 Å². The lowest BCUT2D eigenvalue weighted by Crippen LogP contribution is -2.45. The molecule has 0 unspecified atom stereocenters. The van der Waals surface area contributed by atoms with Gasteiger partial charge in [-0.05, 0) is 32.5 Å². The van der Waals surface area contributed by atoms with Gasteiger partial charge in [0.1, 0.15) is 7.74 Å². The van der Waals surface area contributed by atoms with E-state index in [0.29, 0.717) is 10.8 Å². The lowest BCUT2D eigenvalue weighted by atomic mass is 9.42. The topological polar surface area (TPSA) is 0 Å². The largest absolute Gasteiger partial charge is 0.572 e. The molecule has 20 heavy (non-hydrogen) atoms. The van der Waals surface area contributed by atoms with Crippen LogP contribution in [0.15, 0.2) is 48.5 Å². The number of hydrogen-bond acceptors (Lipinski definition) is 0. The molecule has 0 heterocycles. The Morgan fingerprint density at radius 2 is 1.05 bits per heavy atom. The molecule has 0 amide bonds. The first-order valence-corrected chi connectivity index (χ1v) is 6.46. The van der Waals surface area contributed by atoms with Crippen molar-refractivity contribution >= 4 is 54.4 Å². The fourth-order valence-electron chi connectivity index (χ4n) is 2.86. The van der Waals surface area contributed by atoms with Crippen molar-refractivity contribution in [3.63, 3.8) is 0 Å². The van der Waals surface area contributed by atoms with Crippen LogP contribution < -0.4 is 10.9 Å². The highest BCUT2D eigenvalue weighted by Gasteiger charge is 2.29. The van der Waals surface area contributed by atoms with Gasteiger partial charge in [0.2, 0.25) is 0 Å². The fourth-order valence-corrected chi connectivity index (χ4v) is 2.86. The molecule has 96 valence electrons. The first kappa shape index (κ1) is 13.2. The van der Waals surface area contributed by atoms with Crippen LogP contribution in [0, 0.1) is 0 Å². The molecule has 6 heteroatoms. The average Bonchev–Trinajstić information content (AvgIpc) is 2.45. The van der Waals surface area contributed by atoms with E-state index in [1.807, 2.05) is 18.2 Å². The van der Waals surface area contributed by atoms with E-state index in [1.54, 1.807) is 30.3 Å². The maximum Gasteiger partial charge on any atom is 0.572 e. The summed E-state index contributed by atoms with van der Waals surface area (Å²) in [6.07, 6.45) is 0. The van der Waals surface area contributed by atoms with Crippen molar-refractivity contribution in [2.75, 3.05) is 0 Å². The Morgan fingerprint density at radius 3 is 1.45 bits per heavy atom. The van der Waals surface area contributed by atoms with Crippen molar-refractivity contribution in [3.05, 3.63) is 48.5 Å². The first-order valence-electron chi connectivity index (χ1n) is 6.46. The Kier molecular flexibility index (Phi) is 3.24. The number of halogens is 3. The fraction of sp³-hybridized carbons (Fsp3) is 0. The van der Waals surface area contributed by atoms with E-state index in [1.165, 1.54) is 7.74 Å². The summed E-state index contributed by atoms with van der Waals surface area (Å²) in [6, 6.07) is 14.1. The Labute approximate surface area is 116 Å². The van der Waals surface area contributed by atoms with Crippen LogP contribution in [0.25, 0.3) is 21.5 Å². The van der Waals surface area contributed by atoms with Crippen LogP contribution in [-0.4, -0.2) is 21.9 Å². The Hall–Kier alpha value is -1.84. The minimum atomic E-state index is -2.70. The van der Waals surface area contributed by atoms with Crippen LogP contribution in [0.4, 0.5) is 12.9 Å². The second-order valence-electron chi connectivity index (χ2n) is 4.84. The minimum Gasteiger partial charge on any atom is -0.341 e. The molecule has 0 saturated heterocycles. The second kappa shape index (κ2) is 4.93. The molecule has 3 aromatic carbocycles. The third-order valence-electron chi connectivity index (χ3n) is 3.63. The van der Waals surface area contributed by atoms with Crippen LogP contribution in [0.5, 0.6) is 0 Å². The van der Waals surface area contributed by atoms with Gasteiger partial charge in [0.15, 0.2) is 0 Å². The highest BCUT2D eigenvalue weighted by molar-refractivity contribution is 7.09. The van der Waals surface area contributed by atoms with Gasteiger partial charge in [-0.3, -0.25) is 8.63 Å². The van der Waals surface area contributed by atoms with Crippen molar-refractivity contribution in [2.45, 2.75) is 0 Å². The van der Waals surface area contributed by atoms with E-state index < -0.39 is 14.1 Å². The molecule has 0 fully saturated rings. The average molecular weight is 268 g/mol. The number of fused-ring (bicyclic) bond motifs is 3. The minimum absolute atomic E-state index is 0.106. The molecule has 0 aliphatic heterocycles. The van der Waals surface area contributed by atoms with E-state index >= 15 is 0 Å². The monoisotopic (exact) mass is 268 g/mol. The van der Waals surface area contributed by atoms with Crippen molar-refractivity contribution in [1.29, 1.82) is 0 Å². The van der Waals surface area contributed by atoms with Gasteiger partial charge in [0.25, 0.3) is 0 Å². The molecule has 3 rings (SSSR count). The van der Waals surface area contributed by atoms with E-state index in [2.05, 4.69) is 0 Å². The highest BCUT2D eigenvalue weighted by Crippen LogP contribution is 2.23. The maximum absolute atomic E-state index is 14.0. The maximum atomic E-state index is 14.0. The normalized spacial score (nSPS) is 10.9. The number of hydrogen-bond donors (Lipinski definition) is 0. The molecule has 0 N–H and O–H groups in total. The summed E-state index contributed by atoms with van der Waals surface area (Å²) in [4.78, 5) is 0. The molecule has 0 radical (unpaired) electrons. The van der Waals surface area contributed by atoms with Crippen molar-refractivity contribution in [1.82, 2.24) is 0 Å². The summed E-state index contributed by atoms with van der Waals surface area (Å²) in [7, 11) is -1.39. The molecule has 0 aromatic heterocycles. The zero-order valence-corrected chi connectivity index (χ0v) is 10.9. The second-order valence-corrected chi connectivity index (χ2v) is 4.84. The van der Waals surface area contributed by atoms with E-state index in [4.69, 9.17) is 0 Å². The lowest BCUT2D eigenvalue weighted by Gasteiger charge is -2.15. The van der Waals surface area contributed by atoms with E-state index in [9.17, 15) is 12.9 Å². The number of benzene rings is 3. The van der Waals surface area contributed by atoms with Crippen molar-refractivity contribution in [2.24, 2.45) is 0 Å². The van der Waals surface area contributed by atoms with Crippen LogP contribution in [0.3, 0.4) is 0 Å². The summed E-state index contributed by atoms with van der Waals surface area (Å²) < 4.78 is 40.9. The summed E-state index contributed by atoms with van der Waals surface area (Å²) in [5, 5.41) is 2.55. The molecular formula is C14H10B3F3. The zero-order chi connectivity index (χ0) is 14.3. The standard InChI is InChI=1S/C14H10B3F3/c15-16(18)13-11-7-3-1-5-9(11)10-6-2-4-8-12(10)14(13)17(19)20/h1-8H,15H2. The molecule has 3 aromatic rings. The van der Waals surface area contributed by atoms with Gasteiger partial charge in [0.05, 0.1) is 0 Å². The van der Waals surface area contributed by atoms with Crippen LogP contribution in [-0.2, 0) is 0 Å². The van der Waals surface area contributed by atoms with Gasteiger partial charge in [-0.1, -0.05) is 48.5 Å². The van der Waals surface area contributed by atoms with Gasteiger partial charge >= 0.3 is 14.1 Å². The Bertz CT molecular complexity index is 720. The quantitative estimate of drug-likeness (QED) is 0.492. The Balaban J connectivity index is 2.62. The molecule has 0 aliphatic rings. The molecule has 0 saturated carbocycles. The van der Waals surface area contributed by atoms with Gasteiger partial charge in [-0.2, -0.15) is 0 Å². The van der Waals surface area contributed by atoms with Crippen LogP contribution in [0.1, 0.15) is 0 Å². The number of rotatable bonds is 2. The molecular weight excluding hydrogens is 258 g/mol. The molecule has 0 nitrogen and oxygen atoms in total.